The van der Waals surface area contributed by atoms with Gasteiger partial charge in [-0.2, -0.15) is 0 Å². The number of hydrogen-bond acceptors (Lipinski definition) is 3. The van der Waals surface area contributed by atoms with Crippen molar-refractivity contribution in [1.82, 2.24) is 4.90 Å². The third-order valence-corrected chi connectivity index (χ3v) is 4.72. The van der Waals surface area contributed by atoms with Crippen LogP contribution in [0.5, 0.6) is 11.5 Å². The molecule has 2 aromatic carbocycles. The van der Waals surface area contributed by atoms with Crippen LogP contribution in [0.2, 0.25) is 10.0 Å². The molecule has 1 N–H and O–H groups in total. The monoisotopic (exact) mass is 412 g/mol. The maximum absolute atomic E-state index is 6.01. The van der Waals surface area contributed by atoms with E-state index in [1.54, 1.807) is 32.4 Å². The summed E-state index contributed by atoms with van der Waals surface area (Å²) in [5.74, 6) is 1.48. The number of rotatable bonds is 7. The van der Waals surface area contributed by atoms with Gasteiger partial charge in [-0.15, -0.1) is 0 Å². The largest absolute Gasteiger partial charge is 0.493 e. The van der Waals surface area contributed by atoms with Gasteiger partial charge < -0.3 is 19.7 Å². The molecule has 140 valence electrons. The quantitative estimate of drug-likeness (QED) is 0.626. The van der Waals surface area contributed by atoms with Crippen LogP contribution in [0, 0.1) is 0 Å². The number of halogens is 2. The minimum absolute atomic E-state index is 0.568. The maximum Gasteiger partial charge on any atom is 0.173 e. The van der Waals surface area contributed by atoms with Gasteiger partial charge in [0.1, 0.15) is 0 Å². The molecule has 2 aromatic rings. The molecule has 2 rings (SSSR count). The van der Waals surface area contributed by atoms with Crippen molar-refractivity contribution in [2.24, 2.45) is 0 Å². The Morgan fingerprint density at radius 3 is 2.31 bits per heavy atom. The van der Waals surface area contributed by atoms with Gasteiger partial charge in [0.2, 0.25) is 0 Å². The number of nitrogens with zero attached hydrogens (tertiary/aromatic N) is 1. The van der Waals surface area contributed by atoms with Crippen molar-refractivity contribution in [2.75, 3.05) is 33.1 Å². The first kappa shape index (κ1) is 20.6. The third kappa shape index (κ3) is 5.94. The van der Waals surface area contributed by atoms with Crippen LogP contribution in [0.4, 0.5) is 5.69 Å². The molecule has 0 aliphatic carbocycles. The van der Waals surface area contributed by atoms with E-state index < -0.39 is 0 Å². The lowest BCUT2D eigenvalue weighted by Crippen LogP contribution is -2.32. The predicted octanol–water partition coefficient (Wildman–Crippen LogP) is 5.27. The average molecular weight is 413 g/mol. The number of hydrogen-bond donors (Lipinski definition) is 1. The molecule has 0 bridgehead atoms. The van der Waals surface area contributed by atoms with Crippen LogP contribution in [0.1, 0.15) is 12.0 Å². The molecule has 26 heavy (non-hydrogen) atoms. The lowest BCUT2D eigenvalue weighted by atomic mass is 10.1. The second-order valence-electron chi connectivity index (χ2n) is 5.80. The van der Waals surface area contributed by atoms with E-state index in [0.717, 1.165) is 36.6 Å². The minimum atomic E-state index is 0.568. The second kappa shape index (κ2) is 9.86. The molecule has 0 amide bonds. The summed E-state index contributed by atoms with van der Waals surface area (Å²) in [6.07, 6.45) is 1.86. The number of benzene rings is 2. The van der Waals surface area contributed by atoms with Crippen molar-refractivity contribution in [2.45, 2.75) is 12.8 Å². The van der Waals surface area contributed by atoms with E-state index in [1.807, 2.05) is 30.1 Å². The summed E-state index contributed by atoms with van der Waals surface area (Å²) in [5, 5.41) is 4.92. The molecule has 4 nitrogen and oxygen atoms in total. The van der Waals surface area contributed by atoms with Crippen LogP contribution in [0.15, 0.2) is 36.4 Å². The van der Waals surface area contributed by atoms with Crippen molar-refractivity contribution in [3.63, 3.8) is 0 Å². The summed E-state index contributed by atoms with van der Waals surface area (Å²) in [6, 6.07) is 11.2. The normalized spacial score (nSPS) is 10.3. The number of ether oxygens (including phenoxy) is 2. The summed E-state index contributed by atoms with van der Waals surface area (Å²) in [4.78, 5) is 1.99. The molecule has 0 saturated heterocycles. The van der Waals surface area contributed by atoms with E-state index in [0.29, 0.717) is 15.2 Å². The number of methoxy groups -OCH3 is 2. The van der Waals surface area contributed by atoms with Crippen molar-refractivity contribution in [3.8, 4) is 11.5 Å². The van der Waals surface area contributed by atoms with Gasteiger partial charge in [-0.3, -0.25) is 0 Å². The van der Waals surface area contributed by atoms with Crippen LogP contribution >= 0.6 is 35.4 Å². The zero-order valence-corrected chi connectivity index (χ0v) is 17.3. The van der Waals surface area contributed by atoms with Crippen molar-refractivity contribution in [3.05, 3.63) is 52.0 Å². The molecule has 0 aliphatic rings. The van der Waals surface area contributed by atoms with E-state index in [4.69, 9.17) is 44.9 Å². The number of nitrogens with one attached hydrogen (secondary N) is 1. The molecular weight excluding hydrogens is 391 g/mol. The average Bonchev–Trinajstić information content (AvgIpc) is 2.60. The topological polar surface area (TPSA) is 33.7 Å². The zero-order chi connectivity index (χ0) is 19.1. The van der Waals surface area contributed by atoms with Crippen LogP contribution < -0.4 is 14.8 Å². The Hall–Kier alpha value is -1.69. The first-order chi connectivity index (χ1) is 12.4. The van der Waals surface area contributed by atoms with Gasteiger partial charge in [-0.05, 0) is 61.0 Å². The lowest BCUT2D eigenvalue weighted by Gasteiger charge is -2.21. The van der Waals surface area contributed by atoms with Gasteiger partial charge in [0.25, 0.3) is 0 Å². The molecule has 0 unspecified atom stereocenters. The first-order valence-electron chi connectivity index (χ1n) is 8.12. The smallest absolute Gasteiger partial charge is 0.173 e. The van der Waals surface area contributed by atoms with E-state index >= 15 is 0 Å². The molecule has 0 heterocycles. The molecule has 0 aliphatic heterocycles. The van der Waals surface area contributed by atoms with E-state index in [1.165, 1.54) is 5.56 Å². The number of thiocarbonyl (C=S) groups is 1. The molecule has 7 heteroatoms. The molecular formula is C19H22Cl2N2O2S. The summed E-state index contributed by atoms with van der Waals surface area (Å²) in [5.41, 5.74) is 1.97. The summed E-state index contributed by atoms with van der Waals surface area (Å²) >= 11 is 17.5. The summed E-state index contributed by atoms with van der Waals surface area (Å²) < 4.78 is 10.6. The molecule has 0 fully saturated rings. The highest BCUT2D eigenvalue weighted by atomic mass is 35.5. The maximum atomic E-state index is 6.01. The Morgan fingerprint density at radius 1 is 1.04 bits per heavy atom. The fraction of sp³-hybridized carbons (Fsp3) is 0.316. The Bertz CT molecular complexity index is 751. The SMILES string of the molecule is COc1ccc(CCCN(C)C(=S)Nc2cc(Cl)cc(Cl)c2)cc1OC. The Labute approximate surface area is 170 Å². The highest BCUT2D eigenvalue weighted by Gasteiger charge is 2.08. The highest BCUT2D eigenvalue weighted by molar-refractivity contribution is 7.80. The van der Waals surface area contributed by atoms with Crippen LogP contribution in [-0.2, 0) is 6.42 Å². The fourth-order valence-electron chi connectivity index (χ4n) is 2.50. The van der Waals surface area contributed by atoms with Gasteiger partial charge in [0, 0.05) is 29.3 Å². The molecule has 0 saturated carbocycles. The van der Waals surface area contributed by atoms with Gasteiger partial charge in [-0.1, -0.05) is 29.3 Å². The van der Waals surface area contributed by atoms with Crippen molar-refractivity contribution in [1.29, 1.82) is 0 Å². The van der Waals surface area contributed by atoms with Crippen LogP contribution in [0.25, 0.3) is 0 Å². The van der Waals surface area contributed by atoms with E-state index in [9.17, 15) is 0 Å². The van der Waals surface area contributed by atoms with Gasteiger partial charge in [0.05, 0.1) is 14.2 Å². The molecule has 0 radical (unpaired) electrons. The third-order valence-electron chi connectivity index (χ3n) is 3.87. The highest BCUT2D eigenvalue weighted by Crippen LogP contribution is 2.28. The number of aryl methyl sites for hydroxylation is 1. The first-order valence-corrected chi connectivity index (χ1v) is 9.28. The predicted molar refractivity (Wildman–Crippen MR) is 113 cm³/mol. The standard InChI is InChI=1S/C19H22Cl2N2O2S/c1-23(19(26)22-16-11-14(20)10-15(21)12-16)8-4-5-13-6-7-17(24-2)18(9-13)25-3/h6-7,9-12H,4-5,8H2,1-3H3,(H,22,26). The van der Waals surface area contributed by atoms with Crippen molar-refractivity contribution < 1.29 is 9.47 Å². The second-order valence-corrected chi connectivity index (χ2v) is 7.06. The fourth-order valence-corrected chi connectivity index (χ4v) is 3.24. The lowest BCUT2D eigenvalue weighted by molar-refractivity contribution is 0.354. The Kier molecular flexibility index (Phi) is 7.82. The van der Waals surface area contributed by atoms with Gasteiger partial charge in [-0.25, -0.2) is 0 Å². The molecule has 0 aromatic heterocycles. The van der Waals surface area contributed by atoms with Gasteiger partial charge >= 0.3 is 0 Å². The Morgan fingerprint density at radius 2 is 1.69 bits per heavy atom. The van der Waals surface area contributed by atoms with Crippen LogP contribution in [0.3, 0.4) is 0 Å². The zero-order valence-electron chi connectivity index (χ0n) is 15.0. The Balaban J connectivity index is 1.86. The minimum Gasteiger partial charge on any atom is -0.493 e. The van der Waals surface area contributed by atoms with E-state index in [2.05, 4.69) is 5.32 Å². The van der Waals surface area contributed by atoms with Gasteiger partial charge in [0.15, 0.2) is 16.6 Å². The molecule has 0 atom stereocenters. The summed E-state index contributed by atoms with van der Waals surface area (Å²) in [6.45, 7) is 0.814. The number of anilines is 1. The summed E-state index contributed by atoms with van der Waals surface area (Å²) in [7, 11) is 5.23. The van der Waals surface area contributed by atoms with E-state index in [-0.39, 0.29) is 0 Å². The molecule has 0 spiro atoms. The van der Waals surface area contributed by atoms with Crippen molar-refractivity contribution >= 4 is 46.2 Å². The van der Waals surface area contributed by atoms with Crippen LogP contribution in [-0.4, -0.2) is 37.8 Å².